The van der Waals surface area contributed by atoms with Crippen LogP contribution in [0.15, 0.2) is 30.3 Å². The highest BCUT2D eigenvalue weighted by Gasteiger charge is 2.12. The molecule has 0 radical (unpaired) electrons. The first-order chi connectivity index (χ1) is 9.79. The van der Waals surface area contributed by atoms with E-state index >= 15 is 0 Å². The number of hydrogen-bond acceptors (Lipinski definition) is 4. The summed E-state index contributed by atoms with van der Waals surface area (Å²) in [5.74, 6) is 1.33. The van der Waals surface area contributed by atoms with Gasteiger partial charge in [0.1, 0.15) is 11.6 Å². The molecule has 3 heterocycles. The number of nitrogen functional groups attached to an aromatic ring is 1. The highest BCUT2D eigenvalue weighted by Crippen LogP contribution is 2.24. The van der Waals surface area contributed by atoms with Crippen LogP contribution in [-0.2, 0) is 13.0 Å². The van der Waals surface area contributed by atoms with Crippen LogP contribution < -0.4 is 11.1 Å². The summed E-state index contributed by atoms with van der Waals surface area (Å²) in [6, 6.07) is 10.2. The molecule has 0 unspecified atom stereocenters. The predicted octanol–water partition coefficient (Wildman–Crippen LogP) is 1.85. The Bertz CT molecular complexity index is 790. The molecular formula is C15H15N5. The van der Waals surface area contributed by atoms with Gasteiger partial charge in [0.2, 0.25) is 0 Å². The quantitative estimate of drug-likeness (QED) is 0.627. The van der Waals surface area contributed by atoms with Gasteiger partial charge in [0.05, 0.1) is 5.52 Å². The van der Waals surface area contributed by atoms with Gasteiger partial charge < -0.3 is 16.0 Å². The number of hydrogen-bond donors (Lipinski definition) is 3. The fourth-order valence-corrected chi connectivity index (χ4v) is 2.67. The SMILES string of the molecule is Nc1ccc2[nH]c(-c3ccc4c(c3)CNCC4)nc2n1. The second-order valence-corrected chi connectivity index (χ2v) is 5.10. The van der Waals surface area contributed by atoms with Gasteiger partial charge in [0.15, 0.2) is 5.65 Å². The summed E-state index contributed by atoms with van der Waals surface area (Å²) in [5, 5.41) is 3.39. The molecule has 2 aromatic heterocycles. The topological polar surface area (TPSA) is 79.6 Å². The number of anilines is 1. The van der Waals surface area contributed by atoms with Crippen LogP contribution in [0.5, 0.6) is 0 Å². The van der Waals surface area contributed by atoms with E-state index in [1.165, 1.54) is 11.1 Å². The van der Waals surface area contributed by atoms with Gasteiger partial charge in [-0.15, -0.1) is 0 Å². The smallest absolute Gasteiger partial charge is 0.180 e. The van der Waals surface area contributed by atoms with E-state index < -0.39 is 0 Å². The van der Waals surface area contributed by atoms with Crippen LogP contribution in [0.2, 0.25) is 0 Å². The number of fused-ring (bicyclic) bond motifs is 2. The first kappa shape index (κ1) is 11.4. The summed E-state index contributed by atoms with van der Waals surface area (Å²) in [7, 11) is 0. The summed E-state index contributed by atoms with van der Waals surface area (Å²) >= 11 is 0. The molecule has 100 valence electrons. The molecule has 0 amide bonds. The monoisotopic (exact) mass is 265 g/mol. The Balaban J connectivity index is 1.82. The molecule has 1 aliphatic heterocycles. The lowest BCUT2D eigenvalue weighted by molar-refractivity contribution is 0.644. The van der Waals surface area contributed by atoms with Crippen LogP contribution in [0.3, 0.4) is 0 Å². The molecule has 1 aliphatic rings. The summed E-state index contributed by atoms with van der Waals surface area (Å²) in [4.78, 5) is 12.1. The van der Waals surface area contributed by atoms with Crippen molar-refractivity contribution < 1.29 is 0 Å². The summed E-state index contributed by atoms with van der Waals surface area (Å²) < 4.78 is 0. The molecule has 1 aromatic carbocycles. The Morgan fingerprint density at radius 2 is 2.00 bits per heavy atom. The number of H-pyrrole nitrogens is 1. The van der Waals surface area contributed by atoms with Gasteiger partial charge in [-0.05, 0) is 42.3 Å². The normalized spacial score (nSPS) is 14.4. The van der Waals surface area contributed by atoms with E-state index in [1.54, 1.807) is 6.07 Å². The maximum Gasteiger partial charge on any atom is 0.180 e. The number of imidazole rings is 1. The number of benzene rings is 1. The van der Waals surface area contributed by atoms with Gasteiger partial charge >= 0.3 is 0 Å². The summed E-state index contributed by atoms with van der Waals surface area (Å²) in [5.41, 5.74) is 11.1. The second kappa shape index (κ2) is 4.31. The van der Waals surface area contributed by atoms with E-state index in [1.807, 2.05) is 6.07 Å². The second-order valence-electron chi connectivity index (χ2n) is 5.10. The van der Waals surface area contributed by atoms with E-state index in [4.69, 9.17) is 5.73 Å². The zero-order valence-electron chi connectivity index (χ0n) is 11.0. The van der Waals surface area contributed by atoms with Crippen LogP contribution in [0.25, 0.3) is 22.6 Å². The zero-order valence-corrected chi connectivity index (χ0v) is 11.0. The largest absolute Gasteiger partial charge is 0.384 e. The predicted molar refractivity (Wildman–Crippen MR) is 79.1 cm³/mol. The molecule has 0 atom stereocenters. The Labute approximate surface area is 116 Å². The Morgan fingerprint density at radius 3 is 2.95 bits per heavy atom. The van der Waals surface area contributed by atoms with Crippen molar-refractivity contribution >= 4 is 17.0 Å². The van der Waals surface area contributed by atoms with Crippen molar-refractivity contribution in [3.8, 4) is 11.4 Å². The molecule has 0 spiro atoms. The summed E-state index contributed by atoms with van der Waals surface area (Å²) in [6.45, 7) is 1.98. The van der Waals surface area contributed by atoms with Crippen LogP contribution in [0.1, 0.15) is 11.1 Å². The average Bonchev–Trinajstić information content (AvgIpc) is 2.89. The fourth-order valence-electron chi connectivity index (χ4n) is 2.67. The molecule has 4 rings (SSSR count). The molecule has 0 bridgehead atoms. The van der Waals surface area contributed by atoms with E-state index in [0.29, 0.717) is 11.5 Å². The third kappa shape index (κ3) is 1.83. The van der Waals surface area contributed by atoms with Crippen molar-refractivity contribution in [2.45, 2.75) is 13.0 Å². The Hall–Kier alpha value is -2.40. The van der Waals surface area contributed by atoms with Gasteiger partial charge in [-0.1, -0.05) is 12.1 Å². The fraction of sp³-hybridized carbons (Fsp3) is 0.200. The van der Waals surface area contributed by atoms with Crippen LogP contribution in [-0.4, -0.2) is 21.5 Å². The van der Waals surface area contributed by atoms with Crippen LogP contribution >= 0.6 is 0 Å². The van der Waals surface area contributed by atoms with Gasteiger partial charge in [-0.2, -0.15) is 0 Å². The minimum atomic E-state index is 0.491. The lowest BCUT2D eigenvalue weighted by Crippen LogP contribution is -2.23. The minimum absolute atomic E-state index is 0.491. The minimum Gasteiger partial charge on any atom is -0.384 e. The number of aromatic amines is 1. The maximum atomic E-state index is 5.69. The average molecular weight is 265 g/mol. The molecule has 20 heavy (non-hydrogen) atoms. The summed E-state index contributed by atoms with van der Waals surface area (Å²) in [6.07, 6.45) is 1.09. The van der Waals surface area contributed by atoms with E-state index in [2.05, 4.69) is 38.5 Å². The third-order valence-electron chi connectivity index (χ3n) is 3.73. The van der Waals surface area contributed by atoms with Gasteiger partial charge in [-0.3, -0.25) is 0 Å². The first-order valence-electron chi connectivity index (χ1n) is 6.75. The zero-order chi connectivity index (χ0) is 13.5. The van der Waals surface area contributed by atoms with Crippen molar-refractivity contribution in [2.75, 3.05) is 12.3 Å². The van der Waals surface area contributed by atoms with E-state index in [9.17, 15) is 0 Å². The number of nitrogens with zero attached hydrogens (tertiary/aromatic N) is 2. The lowest BCUT2D eigenvalue weighted by Gasteiger charge is -2.17. The van der Waals surface area contributed by atoms with Crippen LogP contribution in [0.4, 0.5) is 5.82 Å². The highest BCUT2D eigenvalue weighted by atomic mass is 15.0. The maximum absolute atomic E-state index is 5.69. The van der Waals surface area contributed by atoms with Crippen molar-refractivity contribution in [1.29, 1.82) is 0 Å². The third-order valence-corrected chi connectivity index (χ3v) is 3.73. The van der Waals surface area contributed by atoms with Gasteiger partial charge in [0.25, 0.3) is 0 Å². The number of nitrogens with two attached hydrogens (primary N) is 1. The highest BCUT2D eigenvalue weighted by molar-refractivity contribution is 5.77. The first-order valence-corrected chi connectivity index (χ1v) is 6.75. The Kier molecular flexibility index (Phi) is 2.47. The van der Waals surface area contributed by atoms with Gasteiger partial charge in [-0.25, -0.2) is 9.97 Å². The molecule has 4 N–H and O–H groups in total. The lowest BCUT2D eigenvalue weighted by atomic mass is 9.98. The van der Waals surface area contributed by atoms with Crippen molar-refractivity contribution in [3.05, 3.63) is 41.5 Å². The molecule has 3 aromatic rings. The number of nitrogens with one attached hydrogen (secondary N) is 2. The van der Waals surface area contributed by atoms with E-state index in [0.717, 1.165) is 36.4 Å². The van der Waals surface area contributed by atoms with Crippen molar-refractivity contribution in [3.63, 3.8) is 0 Å². The van der Waals surface area contributed by atoms with Crippen molar-refractivity contribution in [2.24, 2.45) is 0 Å². The molecule has 0 fully saturated rings. The van der Waals surface area contributed by atoms with Crippen molar-refractivity contribution in [1.82, 2.24) is 20.3 Å². The number of rotatable bonds is 1. The molecule has 0 aliphatic carbocycles. The standard InChI is InChI=1S/C15H15N5/c16-13-4-3-12-15(19-13)20-14(18-12)10-2-1-9-5-6-17-8-11(9)7-10/h1-4,7,17H,5-6,8H2,(H3,16,18,19,20). The van der Waals surface area contributed by atoms with Crippen LogP contribution in [0, 0.1) is 0 Å². The number of pyridine rings is 1. The molecular weight excluding hydrogens is 250 g/mol. The molecule has 5 heteroatoms. The van der Waals surface area contributed by atoms with Gasteiger partial charge in [0, 0.05) is 12.1 Å². The Morgan fingerprint density at radius 1 is 1.05 bits per heavy atom. The molecule has 0 saturated carbocycles. The molecule has 0 saturated heterocycles. The van der Waals surface area contributed by atoms with E-state index in [-0.39, 0.29) is 0 Å². The molecule has 5 nitrogen and oxygen atoms in total. The number of aromatic nitrogens is 3.